The second-order valence-electron chi connectivity index (χ2n) is 13.6. The number of benzene rings is 1. The summed E-state index contributed by atoms with van der Waals surface area (Å²) in [6.45, 7) is 4.33. The quantitative estimate of drug-likeness (QED) is 0.0542. The number of aliphatic hydroxyl groups excluding tert-OH is 3. The number of aryl methyl sites for hydroxylation is 1. The molecule has 1 fully saturated rings. The van der Waals surface area contributed by atoms with Gasteiger partial charge in [-0.3, -0.25) is 0 Å². The molecule has 8 heteroatoms. The molecule has 0 aliphatic carbocycles. The van der Waals surface area contributed by atoms with Crippen molar-refractivity contribution in [1.29, 1.82) is 0 Å². The van der Waals surface area contributed by atoms with E-state index in [4.69, 9.17) is 32.7 Å². The lowest BCUT2D eigenvalue weighted by Gasteiger charge is -2.35. The Bertz CT molecular complexity index is 902. The van der Waals surface area contributed by atoms with E-state index < -0.39 is 24.6 Å². The minimum atomic E-state index is -1.40. The normalized spacial score (nSPS) is 21.4. The van der Waals surface area contributed by atoms with E-state index >= 15 is 0 Å². The number of aliphatic hydroxyl groups is 3. The second kappa shape index (κ2) is 25.2. The van der Waals surface area contributed by atoms with Gasteiger partial charge in [-0.15, -0.1) is 23.2 Å². The van der Waals surface area contributed by atoms with Crippen LogP contribution in [0.4, 0.5) is 0 Å². The van der Waals surface area contributed by atoms with Gasteiger partial charge in [0.15, 0.2) is 0 Å². The van der Waals surface area contributed by atoms with Gasteiger partial charge in [0.2, 0.25) is 6.29 Å². The summed E-state index contributed by atoms with van der Waals surface area (Å²) < 4.78 is 11.6. The summed E-state index contributed by atoms with van der Waals surface area (Å²) in [5.41, 5.74) is 1.64. The zero-order chi connectivity index (χ0) is 33.6. The molecule has 2 rings (SSSR count). The van der Waals surface area contributed by atoms with Crippen molar-refractivity contribution in [3.63, 3.8) is 0 Å². The van der Waals surface area contributed by atoms with Crippen molar-refractivity contribution in [1.82, 2.24) is 0 Å². The number of phenolic OH excluding ortho intramolecular Hbond substituents is 1. The summed E-state index contributed by atoms with van der Waals surface area (Å²) in [6, 6.07) is 3.76. The lowest BCUT2D eigenvalue weighted by molar-refractivity contribution is -0.242. The molecule has 0 unspecified atom stereocenters. The van der Waals surface area contributed by atoms with Crippen molar-refractivity contribution in [2.24, 2.45) is 0 Å². The third-order valence-corrected chi connectivity index (χ3v) is 10.2. The number of aromatic hydroxyl groups is 1. The van der Waals surface area contributed by atoms with E-state index in [0.29, 0.717) is 17.7 Å². The summed E-state index contributed by atoms with van der Waals surface area (Å²) >= 11 is 13.2. The minimum absolute atomic E-state index is 0.136. The van der Waals surface area contributed by atoms with Crippen molar-refractivity contribution < 1.29 is 29.9 Å². The fourth-order valence-corrected chi connectivity index (χ4v) is 6.93. The molecule has 6 atom stereocenters. The Labute approximate surface area is 290 Å². The van der Waals surface area contributed by atoms with E-state index in [2.05, 4.69) is 13.8 Å². The predicted molar refractivity (Wildman–Crippen MR) is 191 cm³/mol. The zero-order valence-electron chi connectivity index (χ0n) is 29.0. The van der Waals surface area contributed by atoms with Crippen molar-refractivity contribution in [2.75, 3.05) is 6.61 Å². The number of hydrogen-bond donors (Lipinski definition) is 4. The molecule has 1 heterocycles. The Balaban J connectivity index is 1.85. The second-order valence-corrected chi connectivity index (χ2v) is 14.8. The number of phenols is 1. The summed E-state index contributed by atoms with van der Waals surface area (Å²) in [5.74, 6) is 0.643. The number of rotatable bonds is 27. The SMILES string of the molecule is CCCCCCCCC[C@H](Cl)CCCCCc1cc(O)c(CCCCC[C@@H](Cl)CCCCCC)c(O[C@@H]2OC[C@@H](O)[C@H](O)[C@H]2O)c1. The molecule has 0 aromatic heterocycles. The van der Waals surface area contributed by atoms with Crippen LogP contribution in [-0.4, -0.2) is 62.4 Å². The summed E-state index contributed by atoms with van der Waals surface area (Å²) in [5, 5.41) is 42.1. The Morgan fingerprint density at radius 1 is 0.674 bits per heavy atom. The van der Waals surface area contributed by atoms with E-state index in [9.17, 15) is 20.4 Å². The fourth-order valence-electron chi connectivity index (χ4n) is 6.32. The molecule has 1 aromatic carbocycles. The van der Waals surface area contributed by atoms with Crippen LogP contribution < -0.4 is 4.74 Å². The molecule has 6 nitrogen and oxygen atoms in total. The highest BCUT2D eigenvalue weighted by Gasteiger charge is 2.39. The molecule has 0 spiro atoms. The molecule has 0 saturated carbocycles. The maximum absolute atomic E-state index is 11.1. The molecule has 1 aromatic rings. The number of hydrogen-bond acceptors (Lipinski definition) is 6. The van der Waals surface area contributed by atoms with Gasteiger partial charge >= 0.3 is 0 Å². The Kier molecular flexibility index (Phi) is 22.7. The van der Waals surface area contributed by atoms with E-state index in [0.717, 1.165) is 76.2 Å². The van der Waals surface area contributed by atoms with Crippen LogP contribution in [0.25, 0.3) is 0 Å². The smallest absolute Gasteiger partial charge is 0.228 e. The molecule has 4 N–H and O–H groups in total. The van der Waals surface area contributed by atoms with Crippen LogP contribution in [0, 0.1) is 0 Å². The molecule has 46 heavy (non-hydrogen) atoms. The fraction of sp³-hybridized carbons (Fsp3) is 0.842. The lowest BCUT2D eigenvalue weighted by Crippen LogP contribution is -2.54. The predicted octanol–water partition coefficient (Wildman–Crippen LogP) is 9.74. The highest BCUT2D eigenvalue weighted by molar-refractivity contribution is 6.20. The van der Waals surface area contributed by atoms with E-state index in [1.807, 2.05) is 12.1 Å². The Hall–Kier alpha value is -0.760. The Morgan fingerprint density at radius 2 is 1.15 bits per heavy atom. The van der Waals surface area contributed by atoms with Crippen molar-refractivity contribution in [2.45, 2.75) is 197 Å². The van der Waals surface area contributed by atoms with E-state index in [1.165, 1.54) is 70.6 Å². The topological polar surface area (TPSA) is 99.4 Å². The van der Waals surface area contributed by atoms with Gasteiger partial charge in [0.05, 0.1) is 6.61 Å². The van der Waals surface area contributed by atoms with Gasteiger partial charge in [-0.05, 0) is 69.1 Å². The molecule has 268 valence electrons. The maximum Gasteiger partial charge on any atom is 0.228 e. The molecule has 1 aliphatic rings. The first-order valence-electron chi connectivity index (χ1n) is 18.7. The summed E-state index contributed by atoms with van der Waals surface area (Å²) in [4.78, 5) is 0. The monoisotopic (exact) mass is 688 g/mol. The van der Waals surface area contributed by atoms with Gasteiger partial charge in [-0.25, -0.2) is 0 Å². The van der Waals surface area contributed by atoms with Gasteiger partial charge in [-0.2, -0.15) is 0 Å². The first-order valence-corrected chi connectivity index (χ1v) is 19.6. The average molecular weight is 690 g/mol. The van der Waals surface area contributed by atoms with Crippen molar-refractivity contribution >= 4 is 23.2 Å². The van der Waals surface area contributed by atoms with Crippen molar-refractivity contribution in [3.05, 3.63) is 23.3 Å². The number of ether oxygens (including phenoxy) is 2. The van der Waals surface area contributed by atoms with Gasteiger partial charge in [-0.1, -0.05) is 110 Å². The molecule has 0 amide bonds. The molecule has 0 radical (unpaired) electrons. The molecule has 1 aliphatic heterocycles. The third-order valence-electron chi connectivity index (χ3n) is 9.36. The highest BCUT2D eigenvalue weighted by Crippen LogP contribution is 2.34. The zero-order valence-corrected chi connectivity index (χ0v) is 30.5. The van der Waals surface area contributed by atoms with Crippen LogP contribution in [0.5, 0.6) is 11.5 Å². The van der Waals surface area contributed by atoms with Gasteiger partial charge in [0.25, 0.3) is 0 Å². The number of halogens is 2. The van der Waals surface area contributed by atoms with Crippen LogP contribution >= 0.6 is 23.2 Å². The van der Waals surface area contributed by atoms with Crippen LogP contribution in [0.15, 0.2) is 12.1 Å². The van der Waals surface area contributed by atoms with Crippen LogP contribution in [-0.2, 0) is 17.6 Å². The maximum atomic E-state index is 11.1. The van der Waals surface area contributed by atoms with Gasteiger partial charge < -0.3 is 29.9 Å². The van der Waals surface area contributed by atoms with E-state index in [-0.39, 0.29) is 23.1 Å². The van der Waals surface area contributed by atoms with Crippen LogP contribution in [0.3, 0.4) is 0 Å². The largest absolute Gasteiger partial charge is 0.508 e. The average Bonchev–Trinajstić information content (AvgIpc) is 3.03. The minimum Gasteiger partial charge on any atom is -0.508 e. The molecular weight excluding hydrogens is 623 g/mol. The summed E-state index contributed by atoms with van der Waals surface area (Å²) in [7, 11) is 0. The van der Waals surface area contributed by atoms with Gasteiger partial charge in [0.1, 0.15) is 29.8 Å². The standard InChI is InChI=1S/C38H66Cl2O6/c1-3-5-7-9-10-11-16-22-31(40)23-17-12-14-20-29-26-33(41)32(25-19-13-18-24-30(39)21-15-8-6-4-2)35(27-29)46-38-37(44)36(43)34(42)28-45-38/h26-27,30-31,34,36-38,41-44H,3-25,28H2,1-2H3/t30-,31-,34+,36-,37+,38-/m0/s1. The van der Waals surface area contributed by atoms with Gasteiger partial charge in [0, 0.05) is 16.3 Å². The van der Waals surface area contributed by atoms with Crippen molar-refractivity contribution in [3.8, 4) is 11.5 Å². The number of alkyl halides is 2. The van der Waals surface area contributed by atoms with E-state index in [1.54, 1.807) is 0 Å². The molecule has 0 bridgehead atoms. The lowest BCUT2D eigenvalue weighted by atomic mass is 9.98. The van der Waals surface area contributed by atoms with Crippen LogP contribution in [0.2, 0.25) is 0 Å². The highest BCUT2D eigenvalue weighted by atomic mass is 35.5. The first kappa shape index (κ1) is 41.4. The summed E-state index contributed by atoms with van der Waals surface area (Å²) in [6.07, 6.45) is 20.7. The molecular formula is C38H66Cl2O6. The Morgan fingerprint density at radius 3 is 1.72 bits per heavy atom. The number of unbranched alkanes of at least 4 members (excludes halogenated alkanes) is 13. The molecule has 1 saturated heterocycles. The van der Waals surface area contributed by atoms with Crippen LogP contribution in [0.1, 0.15) is 160 Å². The third kappa shape index (κ3) is 17.1. The first-order chi connectivity index (χ1) is 22.3.